The van der Waals surface area contributed by atoms with Crippen LogP contribution in [-0.4, -0.2) is 0 Å². The van der Waals surface area contributed by atoms with E-state index in [1.807, 2.05) is 78.9 Å². The fraction of sp³-hybridized carbons (Fsp3) is 0. The lowest BCUT2D eigenvalue weighted by Crippen LogP contribution is -2.04. The molecule has 3 aromatic carbocycles. The smallest absolute Gasteiger partial charge is 0.408 e. The van der Waals surface area contributed by atoms with E-state index in [0.29, 0.717) is 16.8 Å². The number of hydrogen-bond acceptors (Lipinski definition) is 3. The van der Waals surface area contributed by atoms with Crippen molar-refractivity contribution in [3.8, 4) is 0 Å². The summed E-state index contributed by atoms with van der Waals surface area (Å²) in [5.41, 5.74) is 1.68. The van der Waals surface area contributed by atoms with Gasteiger partial charge in [-0.3, -0.25) is 0 Å². The fourth-order valence-electron chi connectivity index (χ4n) is 2.60. The molecule has 0 fully saturated rings. The standard InChI is InChI=1S/C20H15O3P/c21-24(18-14-8-3-9-15-18)22-19(16-10-4-1-5-11-16)20(23-24)17-12-6-2-7-13-17/h1-15H. The van der Waals surface area contributed by atoms with Crippen LogP contribution in [0.15, 0.2) is 91.0 Å². The van der Waals surface area contributed by atoms with E-state index in [-0.39, 0.29) is 0 Å². The molecule has 24 heavy (non-hydrogen) atoms. The summed E-state index contributed by atoms with van der Waals surface area (Å²) in [6, 6.07) is 28.2. The lowest BCUT2D eigenvalue weighted by Gasteiger charge is -2.12. The third-order valence-electron chi connectivity index (χ3n) is 3.77. The third kappa shape index (κ3) is 2.64. The highest BCUT2D eigenvalue weighted by Crippen LogP contribution is 2.61. The molecule has 1 heterocycles. The monoisotopic (exact) mass is 334 g/mol. The number of benzene rings is 3. The molecule has 0 bridgehead atoms. The molecule has 4 rings (SSSR count). The van der Waals surface area contributed by atoms with Crippen LogP contribution >= 0.6 is 7.60 Å². The molecule has 0 aliphatic carbocycles. The van der Waals surface area contributed by atoms with Crippen LogP contribution in [0.4, 0.5) is 0 Å². The van der Waals surface area contributed by atoms with Crippen molar-refractivity contribution >= 4 is 24.4 Å². The highest BCUT2D eigenvalue weighted by atomic mass is 31.2. The first-order chi connectivity index (χ1) is 11.8. The lowest BCUT2D eigenvalue weighted by molar-refractivity contribution is 0.402. The van der Waals surface area contributed by atoms with Gasteiger partial charge in [-0.15, -0.1) is 0 Å². The molecule has 3 aromatic rings. The van der Waals surface area contributed by atoms with Gasteiger partial charge in [0.25, 0.3) is 0 Å². The molecule has 0 N–H and O–H groups in total. The molecule has 0 spiro atoms. The van der Waals surface area contributed by atoms with Crippen molar-refractivity contribution in [1.29, 1.82) is 0 Å². The van der Waals surface area contributed by atoms with Crippen LogP contribution in [0.3, 0.4) is 0 Å². The molecule has 1 aliphatic rings. The van der Waals surface area contributed by atoms with E-state index >= 15 is 0 Å². The molecule has 0 atom stereocenters. The van der Waals surface area contributed by atoms with Gasteiger partial charge in [-0.1, -0.05) is 78.9 Å². The van der Waals surface area contributed by atoms with Gasteiger partial charge in [0.15, 0.2) is 11.5 Å². The summed E-state index contributed by atoms with van der Waals surface area (Å²) in [7, 11) is -3.44. The first kappa shape index (κ1) is 14.8. The molecule has 118 valence electrons. The van der Waals surface area contributed by atoms with E-state index in [1.54, 1.807) is 12.1 Å². The zero-order valence-corrected chi connectivity index (χ0v) is 13.7. The van der Waals surface area contributed by atoms with E-state index in [1.165, 1.54) is 0 Å². The molecular weight excluding hydrogens is 319 g/mol. The summed E-state index contributed by atoms with van der Waals surface area (Å²) in [5.74, 6) is 1.02. The minimum Gasteiger partial charge on any atom is -0.408 e. The van der Waals surface area contributed by atoms with Gasteiger partial charge in [0.1, 0.15) is 0 Å². The minimum atomic E-state index is -3.44. The van der Waals surface area contributed by atoms with Crippen LogP contribution < -0.4 is 5.30 Å². The zero-order valence-electron chi connectivity index (χ0n) is 12.8. The predicted octanol–water partition coefficient (Wildman–Crippen LogP) is 5.08. The van der Waals surface area contributed by atoms with E-state index in [2.05, 4.69) is 0 Å². The van der Waals surface area contributed by atoms with Gasteiger partial charge < -0.3 is 9.05 Å². The highest BCUT2D eigenvalue weighted by Gasteiger charge is 2.41. The Morgan fingerprint density at radius 1 is 0.542 bits per heavy atom. The largest absolute Gasteiger partial charge is 0.463 e. The molecule has 4 heteroatoms. The normalized spacial score (nSPS) is 15.7. The summed E-state index contributed by atoms with van der Waals surface area (Å²) < 4.78 is 25.1. The van der Waals surface area contributed by atoms with Crippen LogP contribution in [0.5, 0.6) is 0 Å². The zero-order chi connectivity index (χ0) is 16.4. The van der Waals surface area contributed by atoms with Gasteiger partial charge in [0.2, 0.25) is 0 Å². The number of hydrogen-bond donors (Lipinski definition) is 0. The summed E-state index contributed by atoms with van der Waals surface area (Å²) in [6.45, 7) is 0. The van der Waals surface area contributed by atoms with Crippen molar-refractivity contribution < 1.29 is 13.6 Å². The molecule has 0 unspecified atom stereocenters. The molecule has 0 saturated heterocycles. The van der Waals surface area contributed by atoms with E-state index in [0.717, 1.165) is 11.1 Å². The molecule has 0 radical (unpaired) electrons. The van der Waals surface area contributed by atoms with Gasteiger partial charge in [-0.25, -0.2) is 4.57 Å². The fourth-order valence-corrected chi connectivity index (χ4v) is 4.25. The second kappa shape index (κ2) is 6.03. The first-order valence-corrected chi connectivity index (χ1v) is 9.20. The van der Waals surface area contributed by atoms with E-state index < -0.39 is 7.60 Å². The van der Waals surface area contributed by atoms with Crippen molar-refractivity contribution in [2.75, 3.05) is 0 Å². The molecular formula is C20H15O3P. The quantitative estimate of drug-likeness (QED) is 0.627. The van der Waals surface area contributed by atoms with Crippen LogP contribution in [-0.2, 0) is 13.6 Å². The van der Waals surface area contributed by atoms with Gasteiger partial charge >= 0.3 is 7.60 Å². The summed E-state index contributed by atoms with van der Waals surface area (Å²) >= 11 is 0. The Balaban J connectivity index is 1.84. The van der Waals surface area contributed by atoms with Gasteiger partial charge in [-0.05, 0) is 12.1 Å². The summed E-state index contributed by atoms with van der Waals surface area (Å²) in [6.07, 6.45) is 0. The predicted molar refractivity (Wildman–Crippen MR) is 95.6 cm³/mol. The van der Waals surface area contributed by atoms with E-state index in [4.69, 9.17) is 9.05 Å². The van der Waals surface area contributed by atoms with Gasteiger partial charge in [0.05, 0.1) is 5.30 Å². The van der Waals surface area contributed by atoms with Crippen molar-refractivity contribution in [1.82, 2.24) is 0 Å². The second-order valence-corrected chi connectivity index (χ2v) is 7.28. The molecule has 0 amide bonds. The minimum absolute atomic E-state index is 0.508. The Hall–Kier alpha value is -2.77. The average Bonchev–Trinajstić information content (AvgIpc) is 3.03. The van der Waals surface area contributed by atoms with Crippen molar-refractivity contribution in [3.63, 3.8) is 0 Å². The maximum Gasteiger partial charge on any atom is 0.463 e. The van der Waals surface area contributed by atoms with Crippen molar-refractivity contribution in [2.24, 2.45) is 0 Å². The van der Waals surface area contributed by atoms with Crippen LogP contribution in [0, 0.1) is 0 Å². The Morgan fingerprint density at radius 2 is 0.917 bits per heavy atom. The second-order valence-electron chi connectivity index (χ2n) is 5.41. The molecule has 0 aromatic heterocycles. The average molecular weight is 334 g/mol. The Kier molecular flexibility index (Phi) is 3.72. The lowest BCUT2D eigenvalue weighted by atomic mass is 10.1. The summed E-state index contributed by atoms with van der Waals surface area (Å²) in [5, 5.41) is 0.546. The van der Waals surface area contributed by atoms with Crippen LogP contribution in [0.2, 0.25) is 0 Å². The highest BCUT2D eigenvalue weighted by molar-refractivity contribution is 7.63. The van der Waals surface area contributed by atoms with Gasteiger partial charge in [-0.2, -0.15) is 0 Å². The maximum atomic E-state index is 13.3. The molecule has 0 saturated carbocycles. The van der Waals surface area contributed by atoms with Gasteiger partial charge in [0, 0.05) is 11.1 Å². The molecule has 3 nitrogen and oxygen atoms in total. The Labute approximate surface area is 140 Å². The SMILES string of the molecule is O=P1(c2ccccc2)OC(c2ccccc2)=C(c2ccccc2)O1. The Bertz CT molecular complexity index is 863. The summed E-state index contributed by atoms with van der Waals surface area (Å²) in [4.78, 5) is 0. The Morgan fingerprint density at radius 3 is 1.33 bits per heavy atom. The van der Waals surface area contributed by atoms with E-state index in [9.17, 15) is 4.57 Å². The molecule has 1 aliphatic heterocycles. The third-order valence-corrected chi connectivity index (χ3v) is 5.55. The topological polar surface area (TPSA) is 35.5 Å². The van der Waals surface area contributed by atoms with Crippen molar-refractivity contribution in [2.45, 2.75) is 0 Å². The van der Waals surface area contributed by atoms with Crippen LogP contribution in [0.1, 0.15) is 11.1 Å². The maximum absolute atomic E-state index is 13.3. The number of rotatable bonds is 3. The van der Waals surface area contributed by atoms with Crippen LogP contribution in [0.25, 0.3) is 11.5 Å². The van der Waals surface area contributed by atoms with Crippen molar-refractivity contribution in [3.05, 3.63) is 102 Å². The first-order valence-electron chi connectivity index (χ1n) is 7.66.